The monoisotopic (exact) mass is 461 g/mol. The highest BCUT2D eigenvalue weighted by Gasteiger charge is 2.25. The van der Waals surface area contributed by atoms with Crippen molar-refractivity contribution >= 4 is 44.7 Å². The molecule has 0 saturated heterocycles. The lowest BCUT2D eigenvalue weighted by Crippen LogP contribution is -2.40. The van der Waals surface area contributed by atoms with Crippen molar-refractivity contribution in [2.45, 2.75) is 33.5 Å². The van der Waals surface area contributed by atoms with E-state index < -0.39 is 11.9 Å². The Kier molecular flexibility index (Phi) is 6.12. The van der Waals surface area contributed by atoms with Crippen LogP contribution in [0.25, 0.3) is 11.0 Å². The molecule has 2 heterocycles. The van der Waals surface area contributed by atoms with Gasteiger partial charge in [-0.2, -0.15) is 0 Å². The number of benzene rings is 1. The summed E-state index contributed by atoms with van der Waals surface area (Å²) in [5.41, 5.74) is 8.18. The minimum absolute atomic E-state index is 0.0628. The SMILES string of the molecule is CCn1c(CNC(=O)c2nc(Br)cnc2N)[n+](CC)c2ccc(C(=O)OC)cc21. The standard InChI is InChI=1S/C19H21BrN6O3/c1-4-25-12-7-6-11(19(28)29-3)8-13(12)26(5-2)15(25)10-23-18(27)16-17(21)22-9-14(20)24-16/h6-9H,4-5,10H2,1-3H3,(H2-,21,22,23,27)/p+1. The Morgan fingerprint density at radius 2 is 2.10 bits per heavy atom. The summed E-state index contributed by atoms with van der Waals surface area (Å²) in [7, 11) is 1.36. The van der Waals surface area contributed by atoms with E-state index in [2.05, 4.69) is 40.3 Å². The number of hydrogen-bond donors (Lipinski definition) is 2. The maximum absolute atomic E-state index is 12.6. The van der Waals surface area contributed by atoms with Gasteiger partial charge in [0.25, 0.3) is 11.7 Å². The highest BCUT2D eigenvalue weighted by atomic mass is 79.9. The molecule has 0 aliphatic heterocycles. The Bertz CT molecular complexity index is 1100. The minimum Gasteiger partial charge on any atom is -0.465 e. The lowest BCUT2D eigenvalue weighted by Gasteiger charge is -2.07. The Morgan fingerprint density at radius 3 is 2.76 bits per heavy atom. The maximum atomic E-state index is 12.6. The van der Waals surface area contributed by atoms with E-state index in [1.165, 1.54) is 13.3 Å². The molecular weight excluding hydrogens is 440 g/mol. The molecule has 2 aromatic heterocycles. The molecule has 3 N–H and O–H groups in total. The number of nitrogens with one attached hydrogen (secondary N) is 1. The minimum atomic E-state index is -0.415. The number of methoxy groups -OCH3 is 1. The van der Waals surface area contributed by atoms with Crippen LogP contribution in [0.3, 0.4) is 0 Å². The molecule has 0 saturated carbocycles. The van der Waals surface area contributed by atoms with Crippen LogP contribution in [0.15, 0.2) is 29.0 Å². The van der Waals surface area contributed by atoms with Gasteiger partial charge in [-0.1, -0.05) is 0 Å². The lowest BCUT2D eigenvalue weighted by molar-refractivity contribution is -0.676. The van der Waals surface area contributed by atoms with Gasteiger partial charge in [0.05, 0.1) is 32.0 Å². The molecule has 3 aromatic rings. The molecule has 3 rings (SSSR count). The third kappa shape index (κ3) is 3.93. The van der Waals surface area contributed by atoms with Crippen molar-refractivity contribution in [3.05, 3.63) is 46.1 Å². The summed E-state index contributed by atoms with van der Waals surface area (Å²) < 4.78 is 9.41. The number of halogens is 1. The fraction of sp³-hybridized carbons (Fsp3) is 0.316. The van der Waals surface area contributed by atoms with E-state index in [0.717, 1.165) is 16.9 Å². The highest BCUT2D eigenvalue weighted by Crippen LogP contribution is 2.18. The van der Waals surface area contributed by atoms with Crippen LogP contribution in [0.4, 0.5) is 5.82 Å². The largest absolute Gasteiger partial charge is 0.465 e. The molecule has 1 aromatic carbocycles. The number of aryl methyl sites for hydroxylation is 2. The van der Waals surface area contributed by atoms with Crippen molar-refractivity contribution in [1.82, 2.24) is 19.9 Å². The number of ether oxygens (including phenoxy) is 1. The number of rotatable bonds is 6. The topological polar surface area (TPSA) is 116 Å². The van der Waals surface area contributed by atoms with E-state index in [4.69, 9.17) is 10.5 Å². The molecule has 0 spiro atoms. The number of anilines is 1. The maximum Gasteiger partial charge on any atom is 0.338 e. The molecule has 0 unspecified atom stereocenters. The average molecular weight is 462 g/mol. The Hall–Kier alpha value is -3.01. The zero-order valence-corrected chi connectivity index (χ0v) is 18.0. The molecule has 10 heteroatoms. The summed E-state index contributed by atoms with van der Waals surface area (Å²) in [5.74, 6) is 0.147. The van der Waals surface area contributed by atoms with Crippen LogP contribution in [0.5, 0.6) is 0 Å². The number of carbonyl (C=O) groups excluding carboxylic acids is 2. The molecule has 0 aliphatic carbocycles. The predicted molar refractivity (Wildman–Crippen MR) is 110 cm³/mol. The second kappa shape index (κ2) is 8.56. The van der Waals surface area contributed by atoms with E-state index in [1.54, 1.807) is 12.1 Å². The van der Waals surface area contributed by atoms with Crippen molar-refractivity contribution in [1.29, 1.82) is 0 Å². The quantitative estimate of drug-likeness (QED) is 0.427. The molecule has 29 heavy (non-hydrogen) atoms. The summed E-state index contributed by atoms with van der Waals surface area (Å²) >= 11 is 3.20. The molecule has 0 radical (unpaired) electrons. The third-order valence-electron chi connectivity index (χ3n) is 4.63. The van der Waals surface area contributed by atoms with Gasteiger partial charge >= 0.3 is 5.97 Å². The van der Waals surface area contributed by atoms with E-state index in [-0.39, 0.29) is 18.1 Å². The van der Waals surface area contributed by atoms with E-state index in [0.29, 0.717) is 23.3 Å². The van der Waals surface area contributed by atoms with Gasteiger partial charge < -0.3 is 15.8 Å². The number of fused-ring (bicyclic) bond motifs is 1. The molecule has 0 atom stereocenters. The second-order valence-corrected chi connectivity index (χ2v) is 7.02. The second-order valence-electron chi connectivity index (χ2n) is 6.21. The van der Waals surface area contributed by atoms with Crippen LogP contribution in [0.2, 0.25) is 0 Å². The van der Waals surface area contributed by atoms with Gasteiger partial charge in [-0.3, -0.25) is 4.79 Å². The van der Waals surface area contributed by atoms with Crippen LogP contribution < -0.4 is 15.6 Å². The van der Waals surface area contributed by atoms with Crippen LogP contribution in [-0.2, 0) is 24.4 Å². The van der Waals surface area contributed by atoms with Crippen LogP contribution in [-0.4, -0.2) is 33.5 Å². The van der Waals surface area contributed by atoms with E-state index >= 15 is 0 Å². The highest BCUT2D eigenvalue weighted by molar-refractivity contribution is 9.10. The van der Waals surface area contributed by atoms with Crippen LogP contribution >= 0.6 is 15.9 Å². The zero-order chi connectivity index (χ0) is 21.1. The number of aromatic nitrogens is 4. The zero-order valence-electron chi connectivity index (χ0n) is 16.4. The average Bonchev–Trinajstić information content (AvgIpc) is 3.04. The number of hydrogen-bond acceptors (Lipinski definition) is 6. The predicted octanol–water partition coefficient (Wildman–Crippen LogP) is 1.82. The number of carbonyl (C=O) groups is 2. The summed E-state index contributed by atoms with van der Waals surface area (Å²) in [5, 5.41) is 2.87. The third-order valence-corrected chi connectivity index (χ3v) is 5.01. The first-order valence-corrected chi connectivity index (χ1v) is 9.90. The molecule has 1 amide bonds. The van der Waals surface area contributed by atoms with Gasteiger partial charge in [0, 0.05) is 6.07 Å². The first-order chi connectivity index (χ1) is 13.9. The Labute approximate surface area is 176 Å². The molecule has 0 fully saturated rings. The summed E-state index contributed by atoms with van der Waals surface area (Å²) in [4.78, 5) is 32.6. The van der Waals surface area contributed by atoms with Gasteiger partial charge in [-0.05, 0) is 41.9 Å². The van der Waals surface area contributed by atoms with Crippen molar-refractivity contribution < 1.29 is 18.9 Å². The Morgan fingerprint density at radius 1 is 1.34 bits per heavy atom. The first kappa shape index (κ1) is 20.7. The van der Waals surface area contributed by atoms with Crippen molar-refractivity contribution in [2.24, 2.45) is 0 Å². The van der Waals surface area contributed by atoms with Gasteiger partial charge in [0.2, 0.25) is 0 Å². The molecule has 0 bridgehead atoms. The van der Waals surface area contributed by atoms with Gasteiger partial charge in [-0.15, -0.1) is 0 Å². The number of amides is 1. The van der Waals surface area contributed by atoms with Gasteiger partial charge in [0.15, 0.2) is 22.5 Å². The van der Waals surface area contributed by atoms with Crippen molar-refractivity contribution in [2.75, 3.05) is 12.8 Å². The number of esters is 1. The van der Waals surface area contributed by atoms with Crippen molar-refractivity contribution in [3.63, 3.8) is 0 Å². The molecular formula is C19H22BrN6O3+. The first-order valence-electron chi connectivity index (χ1n) is 9.10. The smallest absolute Gasteiger partial charge is 0.338 e. The number of nitrogens with two attached hydrogens (primary N) is 1. The fourth-order valence-corrected chi connectivity index (χ4v) is 3.60. The van der Waals surface area contributed by atoms with Crippen molar-refractivity contribution in [3.8, 4) is 0 Å². The molecule has 0 aliphatic rings. The fourth-order valence-electron chi connectivity index (χ4n) is 3.32. The lowest BCUT2D eigenvalue weighted by atomic mass is 10.2. The number of nitrogen functional groups attached to an aromatic ring is 1. The van der Waals surface area contributed by atoms with E-state index in [1.807, 2.05) is 19.9 Å². The van der Waals surface area contributed by atoms with Gasteiger partial charge in [0.1, 0.15) is 11.1 Å². The molecule has 152 valence electrons. The number of nitrogens with zero attached hydrogens (tertiary/aromatic N) is 4. The molecule has 9 nitrogen and oxygen atoms in total. The summed E-state index contributed by atoms with van der Waals surface area (Å²) in [6.07, 6.45) is 1.44. The summed E-state index contributed by atoms with van der Waals surface area (Å²) in [6.45, 7) is 5.66. The van der Waals surface area contributed by atoms with Crippen LogP contribution in [0.1, 0.15) is 40.5 Å². The van der Waals surface area contributed by atoms with Gasteiger partial charge in [-0.25, -0.2) is 23.9 Å². The Balaban J connectivity index is 1.98. The normalized spacial score (nSPS) is 10.9. The van der Waals surface area contributed by atoms with Crippen LogP contribution in [0, 0.1) is 0 Å². The number of imidazole rings is 1. The summed E-state index contributed by atoms with van der Waals surface area (Å²) in [6, 6.07) is 5.43. The van der Waals surface area contributed by atoms with E-state index in [9.17, 15) is 9.59 Å².